The monoisotopic (exact) mass is 324 g/mol. The second kappa shape index (κ2) is 7.14. The standard InChI is InChI=1S/C18H20N4O2/c1-13-5-2-3-7-15(13)16-12-17(22(21-16)9-10-23)20-18(24)11-14-6-4-8-19-14/h2-8,12,19,23H,9-11H2,1H3,(H,20,24). The highest BCUT2D eigenvalue weighted by atomic mass is 16.3. The Morgan fingerprint density at radius 2 is 2.12 bits per heavy atom. The van der Waals surface area contributed by atoms with Gasteiger partial charge in [-0.15, -0.1) is 0 Å². The largest absolute Gasteiger partial charge is 0.394 e. The molecule has 124 valence electrons. The van der Waals surface area contributed by atoms with Crippen molar-refractivity contribution in [2.75, 3.05) is 11.9 Å². The Kier molecular flexibility index (Phi) is 4.77. The summed E-state index contributed by atoms with van der Waals surface area (Å²) in [5.74, 6) is 0.451. The minimum Gasteiger partial charge on any atom is -0.394 e. The number of benzene rings is 1. The molecule has 0 aliphatic heterocycles. The van der Waals surface area contributed by atoms with Gasteiger partial charge in [-0.1, -0.05) is 24.3 Å². The fraction of sp³-hybridized carbons (Fsp3) is 0.222. The van der Waals surface area contributed by atoms with Crippen molar-refractivity contribution in [3.8, 4) is 11.3 Å². The lowest BCUT2D eigenvalue weighted by atomic mass is 10.1. The van der Waals surface area contributed by atoms with Crippen LogP contribution >= 0.6 is 0 Å². The molecule has 0 atom stereocenters. The van der Waals surface area contributed by atoms with Crippen LogP contribution in [0, 0.1) is 6.92 Å². The molecule has 3 N–H and O–H groups in total. The zero-order valence-corrected chi connectivity index (χ0v) is 13.5. The molecule has 0 saturated carbocycles. The average Bonchev–Trinajstić information content (AvgIpc) is 3.19. The Morgan fingerprint density at radius 1 is 1.29 bits per heavy atom. The number of rotatable bonds is 6. The number of hydrogen-bond acceptors (Lipinski definition) is 3. The highest BCUT2D eigenvalue weighted by Crippen LogP contribution is 2.25. The van der Waals surface area contributed by atoms with Crippen LogP contribution in [0.25, 0.3) is 11.3 Å². The smallest absolute Gasteiger partial charge is 0.231 e. The van der Waals surface area contributed by atoms with Crippen LogP contribution in [0.5, 0.6) is 0 Å². The number of nitrogens with one attached hydrogen (secondary N) is 2. The van der Waals surface area contributed by atoms with Crippen LogP contribution in [-0.4, -0.2) is 32.4 Å². The SMILES string of the molecule is Cc1ccccc1-c1cc(NC(=O)Cc2ccc[nH]2)n(CCO)n1. The van der Waals surface area contributed by atoms with E-state index in [-0.39, 0.29) is 18.9 Å². The van der Waals surface area contributed by atoms with Crippen LogP contribution in [0.4, 0.5) is 5.82 Å². The van der Waals surface area contributed by atoms with Gasteiger partial charge in [0.1, 0.15) is 5.82 Å². The average molecular weight is 324 g/mol. The van der Waals surface area contributed by atoms with Crippen molar-refractivity contribution in [1.82, 2.24) is 14.8 Å². The molecule has 1 aromatic carbocycles. The summed E-state index contributed by atoms with van der Waals surface area (Å²) in [6, 6.07) is 13.5. The molecule has 0 spiro atoms. The number of nitrogens with zero attached hydrogens (tertiary/aromatic N) is 2. The van der Waals surface area contributed by atoms with E-state index in [4.69, 9.17) is 0 Å². The fourth-order valence-corrected chi connectivity index (χ4v) is 2.61. The summed E-state index contributed by atoms with van der Waals surface area (Å²) in [7, 11) is 0. The molecular formula is C18H20N4O2. The third kappa shape index (κ3) is 3.55. The lowest BCUT2D eigenvalue weighted by Gasteiger charge is -2.07. The van der Waals surface area contributed by atoms with Crippen LogP contribution in [0.15, 0.2) is 48.7 Å². The summed E-state index contributed by atoms with van der Waals surface area (Å²) < 4.78 is 1.62. The van der Waals surface area contributed by atoms with Crippen molar-refractivity contribution in [3.05, 3.63) is 59.9 Å². The van der Waals surface area contributed by atoms with Gasteiger partial charge in [0.25, 0.3) is 0 Å². The minimum absolute atomic E-state index is 0.0472. The number of amides is 1. The first-order chi connectivity index (χ1) is 11.7. The number of aromatic nitrogens is 3. The zero-order valence-electron chi connectivity index (χ0n) is 13.5. The van der Waals surface area contributed by atoms with Crippen molar-refractivity contribution in [2.45, 2.75) is 19.9 Å². The molecule has 0 saturated heterocycles. The highest BCUT2D eigenvalue weighted by Gasteiger charge is 2.13. The molecular weight excluding hydrogens is 304 g/mol. The summed E-state index contributed by atoms with van der Waals surface area (Å²) in [6.45, 7) is 2.29. The molecule has 3 rings (SSSR count). The number of anilines is 1. The van der Waals surface area contributed by atoms with E-state index in [9.17, 15) is 9.90 Å². The highest BCUT2D eigenvalue weighted by molar-refractivity contribution is 5.91. The predicted molar refractivity (Wildman–Crippen MR) is 92.6 cm³/mol. The van der Waals surface area contributed by atoms with E-state index in [0.29, 0.717) is 12.4 Å². The summed E-state index contributed by atoms with van der Waals surface area (Å²) in [4.78, 5) is 15.2. The first-order valence-electron chi connectivity index (χ1n) is 7.84. The maximum absolute atomic E-state index is 12.2. The van der Waals surface area contributed by atoms with E-state index in [0.717, 1.165) is 22.5 Å². The summed E-state index contributed by atoms with van der Waals surface area (Å²) in [5, 5.41) is 16.6. The molecule has 0 aliphatic rings. The van der Waals surface area contributed by atoms with Crippen molar-refractivity contribution < 1.29 is 9.90 Å². The number of aliphatic hydroxyl groups excluding tert-OH is 1. The Labute approximate surface area is 140 Å². The van der Waals surface area contributed by atoms with E-state index in [1.165, 1.54) is 0 Å². The molecule has 1 amide bonds. The summed E-state index contributed by atoms with van der Waals surface area (Å²) in [5.41, 5.74) is 3.74. The van der Waals surface area contributed by atoms with Crippen molar-refractivity contribution in [1.29, 1.82) is 0 Å². The predicted octanol–water partition coefficient (Wildman–Crippen LogP) is 2.36. The zero-order chi connectivity index (χ0) is 16.9. The van der Waals surface area contributed by atoms with Crippen LogP contribution in [-0.2, 0) is 17.8 Å². The molecule has 0 aliphatic carbocycles. The third-order valence-electron chi connectivity index (χ3n) is 3.79. The number of H-pyrrole nitrogens is 1. The Balaban J connectivity index is 1.84. The summed E-state index contributed by atoms with van der Waals surface area (Å²) in [6.07, 6.45) is 2.05. The van der Waals surface area contributed by atoms with E-state index in [1.54, 1.807) is 10.9 Å². The second-order valence-corrected chi connectivity index (χ2v) is 5.60. The van der Waals surface area contributed by atoms with Gasteiger partial charge in [0.15, 0.2) is 0 Å². The normalized spacial score (nSPS) is 10.8. The van der Waals surface area contributed by atoms with Gasteiger partial charge in [-0.2, -0.15) is 5.10 Å². The summed E-state index contributed by atoms with van der Waals surface area (Å²) >= 11 is 0. The molecule has 0 fully saturated rings. The number of hydrogen-bond donors (Lipinski definition) is 3. The van der Waals surface area contributed by atoms with Gasteiger partial charge in [0, 0.05) is 23.5 Å². The van der Waals surface area contributed by atoms with E-state index in [2.05, 4.69) is 15.4 Å². The first kappa shape index (κ1) is 16.0. The Morgan fingerprint density at radius 3 is 2.83 bits per heavy atom. The Bertz CT molecular complexity index is 821. The lowest BCUT2D eigenvalue weighted by Crippen LogP contribution is -2.18. The fourth-order valence-electron chi connectivity index (χ4n) is 2.61. The maximum atomic E-state index is 12.2. The molecule has 24 heavy (non-hydrogen) atoms. The number of aryl methyl sites for hydroxylation is 1. The van der Waals surface area contributed by atoms with E-state index in [1.807, 2.05) is 49.4 Å². The molecule has 3 aromatic rings. The third-order valence-corrected chi connectivity index (χ3v) is 3.79. The van der Waals surface area contributed by atoms with Gasteiger partial charge >= 0.3 is 0 Å². The molecule has 0 radical (unpaired) electrons. The molecule has 0 unspecified atom stereocenters. The molecule has 6 nitrogen and oxygen atoms in total. The van der Waals surface area contributed by atoms with Gasteiger partial charge in [0.2, 0.25) is 5.91 Å². The van der Waals surface area contributed by atoms with Gasteiger partial charge in [-0.05, 0) is 24.6 Å². The van der Waals surface area contributed by atoms with Gasteiger partial charge in [0.05, 0.1) is 25.3 Å². The van der Waals surface area contributed by atoms with Gasteiger partial charge < -0.3 is 15.4 Å². The van der Waals surface area contributed by atoms with E-state index >= 15 is 0 Å². The topological polar surface area (TPSA) is 82.9 Å². The number of carbonyl (C=O) groups is 1. The first-order valence-corrected chi connectivity index (χ1v) is 7.84. The minimum atomic E-state index is -0.132. The van der Waals surface area contributed by atoms with Crippen molar-refractivity contribution in [2.24, 2.45) is 0 Å². The van der Waals surface area contributed by atoms with Gasteiger partial charge in [-0.25, -0.2) is 4.68 Å². The molecule has 2 aromatic heterocycles. The number of aromatic amines is 1. The van der Waals surface area contributed by atoms with Crippen LogP contribution < -0.4 is 5.32 Å². The number of aliphatic hydroxyl groups is 1. The molecule has 0 bridgehead atoms. The maximum Gasteiger partial charge on any atom is 0.231 e. The Hall–Kier alpha value is -2.86. The van der Waals surface area contributed by atoms with Crippen LogP contribution in [0.2, 0.25) is 0 Å². The number of carbonyl (C=O) groups excluding carboxylic acids is 1. The lowest BCUT2D eigenvalue weighted by molar-refractivity contribution is -0.115. The van der Waals surface area contributed by atoms with Crippen molar-refractivity contribution >= 4 is 11.7 Å². The van der Waals surface area contributed by atoms with Crippen molar-refractivity contribution in [3.63, 3.8) is 0 Å². The van der Waals surface area contributed by atoms with Crippen LogP contribution in [0.3, 0.4) is 0 Å². The van der Waals surface area contributed by atoms with E-state index < -0.39 is 0 Å². The van der Waals surface area contributed by atoms with Gasteiger partial charge in [-0.3, -0.25) is 4.79 Å². The quantitative estimate of drug-likeness (QED) is 0.651. The second-order valence-electron chi connectivity index (χ2n) is 5.60. The molecule has 2 heterocycles. The molecule has 6 heteroatoms. The van der Waals surface area contributed by atoms with Crippen LogP contribution in [0.1, 0.15) is 11.3 Å².